The molecule has 1 heterocycles. The highest BCUT2D eigenvalue weighted by Crippen LogP contribution is 2.14. The molecule has 2 amide bonds. The molecule has 0 atom stereocenters. The number of fused-ring (bicyclic) bond motifs is 1. The van der Waals surface area contributed by atoms with Gasteiger partial charge in [-0.3, -0.25) is 20.4 Å². The Morgan fingerprint density at radius 2 is 1.92 bits per heavy atom. The average molecular weight is 342 g/mol. The van der Waals surface area contributed by atoms with Crippen molar-refractivity contribution in [2.75, 3.05) is 7.11 Å². The number of amides is 2. The molecule has 3 rings (SSSR count). The van der Waals surface area contributed by atoms with Crippen LogP contribution in [-0.4, -0.2) is 27.7 Å². The Labute approximate surface area is 141 Å². The van der Waals surface area contributed by atoms with E-state index in [1.165, 1.54) is 0 Å². The van der Waals surface area contributed by atoms with Crippen molar-refractivity contribution < 1.29 is 14.3 Å². The third kappa shape index (κ3) is 3.66. The molecule has 0 aliphatic carbocycles. The second kappa shape index (κ2) is 7.05. The number of ether oxygens (including phenoxy) is 1. The third-order valence-electron chi connectivity index (χ3n) is 3.33. The van der Waals surface area contributed by atoms with Crippen LogP contribution in [0.25, 0.3) is 11.0 Å². The van der Waals surface area contributed by atoms with E-state index in [4.69, 9.17) is 4.74 Å². The summed E-state index contributed by atoms with van der Waals surface area (Å²) in [5.41, 5.74) is 7.36. The van der Waals surface area contributed by atoms with Gasteiger partial charge in [0, 0.05) is 5.56 Å². The lowest BCUT2D eigenvalue weighted by Gasteiger charge is -2.08. The number of hydrazine groups is 1. The number of carbonyl (C=O) groups excluding carboxylic acids is 2. The summed E-state index contributed by atoms with van der Waals surface area (Å²) in [6, 6.07) is 12.2. The molecule has 0 radical (unpaired) electrons. The number of nitrogens with one attached hydrogen (secondary N) is 2. The van der Waals surface area contributed by atoms with E-state index in [1.807, 2.05) is 6.07 Å². The lowest BCUT2D eigenvalue weighted by molar-refractivity contribution is -0.121. The standard InChI is InChI=1S/C16H14N4O3S/c1-23-12-4-2-3-10(7-12)8-15(21)17-18-16(22)11-5-6-13-14(9-11)20-24-19-13/h2-7,9H,8H2,1H3,(H,17,21)(H,18,22). The van der Waals surface area contributed by atoms with E-state index >= 15 is 0 Å². The van der Waals surface area contributed by atoms with Crippen LogP contribution < -0.4 is 15.6 Å². The summed E-state index contributed by atoms with van der Waals surface area (Å²) in [6.45, 7) is 0. The minimum atomic E-state index is -0.413. The van der Waals surface area contributed by atoms with Gasteiger partial charge in [0.05, 0.1) is 25.3 Å². The Bertz CT molecular complexity index is 894. The maximum Gasteiger partial charge on any atom is 0.269 e. The second-order valence-electron chi connectivity index (χ2n) is 5.00. The number of rotatable bonds is 4. The van der Waals surface area contributed by atoms with Crippen molar-refractivity contribution >= 4 is 34.6 Å². The number of hydrogen-bond donors (Lipinski definition) is 2. The molecule has 0 unspecified atom stereocenters. The molecule has 3 aromatic rings. The monoisotopic (exact) mass is 342 g/mol. The summed E-state index contributed by atoms with van der Waals surface area (Å²) in [6.07, 6.45) is 0.131. The fourth-order valence-corrected chi connectivity index (χ4v) is 2.65. The largest absolute Gasteiger partial charge is 0.497 e. The van der Waals surface area contributed by atoms with Gasteiger partial charge >= 0.3 is 0 Å². The number of nitrogens with zero attached hydrogens (tertiary/aromatic N) is 2. The Kier molecular flexibility index (Phi) is 4.66. The molecule has 0 aliphatic heterocycles. The molecule has 0 saturated carbocycles. The van der Waals surface area contributed by atoms with Crippen molar-refractivity contribution in [3.63, 3.8) is 0 Å². The van der Waals surface area contributed by atoms with Crippen LogP contribution in [0.1, 0.15) is 15.9 Å². The highest BCUT2D eigenvalue weighted by Gasteiger charge is 2.10. The molecule has 122 valence electrons. The van der Waals surface area contributed by atoms with Crippen molar-refractivity contribution in [3.8, 4) is 5.75 Å². The number of aromatic nitrogens is 2. The zero-order chi connectivity index (χ0) is 16.9. The normalized spacial score (nSPS) is 10.4. The molecule has 0 bridgehead atoms. The van der Waals surface area contributed by atoms with Gasteiger partial charge in [-0.1, -0.05) is 12.1 Å². The maximum atomic E-state index is 12.1. The van der Waals surface area contributed by atoms with Crippen LogP contribution in [0.5, 0.6) is 5.75 Å². The summed E-state index contributed by atoms with van der Waals surface area (Å²) in [5.74, 6) is -0.0635. The highest BCUT2D eigenvalue weighted by molar-refractivity contribution is 7.00. The molecule has 0 saturated heterocycles. The predicted octanol–water partition coefficient (Wildman–Crippen LogP) is 1.70. The SMILES string of the molecule is COc1cccc(CC(=O)NNC(=O)c2ccc3nsnc3c2)c1. The molecule has 0 spiro atoms. The van der Waals surface area contributed by atoms with E-state index in [0.717, 1.165) is 22.8 Å². The number of benzene rings is 2. The molecule has 0 fully saturated rings. The lowest BCUT2D eigenvalue weighted by Crippen LogP contribution is -2.42. The predicted molar refractivity (Wildman–Crippen MR) is 89.7 cm³/mol. The van der Waals surface area contributed by atoms with E-state index in [-0.39, 0.29) is 12.3 Å². The maximum absolute atomic E-state index is 12.1. The minimum absolute atomic E-state index is 0.131. The molecule has 24 heavy (non-hydrogen) atoms. The molecular weight excluding hydrogens is 328 g/mol. The van der Waals surface area contributed by atoms with Gasteiger partial charge in [0.15, 0.2) is 0 Å². The minimum Gasteiger partial charge on any atom is -0.497 e. The number of carbonyl (C=O) groups is 2. The van der Waals surface area contributed by atoms with Gasteiger partial charge in [-0.25, -0.2) is 0 Å². The fraction of sp³-hybridized carbons (Fsp3) is 0.125. The van der Waals surface area contributed by atoms with Crippen LogP contribution in [0.3, 0.4) is 0 Å². The van der Waals surface area contributed by atoms with Gasteiger partial charge < -0.3 is 4.74 Å². The van der Waals surface area contributed by atoms with E-state index < -0.39 is 5.91 Å². The highest BCUT2D eigenvalue weighted by atomic mass is 32.1. The molecule has 0 aliphatic rings. The van der Waals surface area contributed by atoms with Crippen molar-refractivity contribution in [1.29, 1.82) is 0 Å². The number of methoxy groups -OCH3 is 1. The Balaban J connectivity index is 1.57. The van der Waals surface area contributed by atoms with Gasteiger partial charge in [-0.15, -0.1) is 0 Å². The van der Waals surface area contributed by atoms with Crippen LogP contribution >= 0.6 is 11.7 Å². The Morgan fingerprint density at radius 1 is 1.08 bits per heavy atom. The smallest absolute Gasteiger partial charge is 0.269 e. The zero-order valence-corrected chi connectivity index (χ0v) is 13.6. The van der Waals surface area contributed by atoms with Crippen molar-refractivity contribution in [3.05, 3.63) is 53.6 Å². The van der Waals surface area contributed by atoms with Crippen LogP contribution in [0.4, 0.5) is 0 Å². The summed E-state index contributed by atoms with van der Waals surface area (Å²) < 4.78 is 13.3. The van der Waals surface area contributed by atoms with E-state index in [9.17, 15) is 9.59 Å². The van der Waals surface area contributed by atoms with Crippen molar-refractivity contribution in [2.24, 2.45) is 0 Å². The molecule has 8 heteroatoms. The first-order valence-corrected chi connectivity index (χ1v) is 7.83. The van der Waals surface area contributed by atoms with Gasteiger partial charge in [-0.05, 0) is 35.9 Å². The lowest BCUT2D eigenvalue weighted by atomic mass is 10.1. The number of hydrogen-bond acceptors (Lipinski definition) is 6. The molecule has 7 nitrogen and oxygen atoms in total. The van der Waals surface area contributed by atoms with Crippen LogP contribution in [0, 0.1) is 0 Å². The Hall–Kier alpha value is -3.00. The quantitative estimate of drug-likeness (QED) is 0.704. The first-order valence-electron chi connectivity index (χ1n) is 7.10. The summed E-state index contributed by atoms with van der Waals surface area (Å²) in [5, 5.41) is 0. The fourth-order valence-electron chi connectivity index (χ4n) is 2.13. The molecule has 1 aromatic heterocycles. The van der Waals surface area contributed by atoms with E-state index in [2.05, 4.69) is 19.6 Å². The van der Waals surface area contributed by atoms with Crippen LogP contribution in [-0.2, 0) is 11.2 Å². The zero-order valence-electron chi connectivity index (χ0n) is 12.8. The van der Waals surface area contributed by atoms with Gasteiger partial charge in [-0.2, -0.15) is 8.75 Å². The van der Waals surface area contributed by atoms with Gasteiger partial charge in [0.25, 0.3) is 5.91 Å². The van der Waals surface area contributed by atoms with Gasteiger partial charge in [0.2, 0.25) is 5.91 Å². The van der Waals surface area contributed by atoms with Crippen molar-refractivity contribution in [1.82, 2.24) is 19.6 Å². The van der Waals surface area contributed by atoms with E-state index in [0.29, 0.717) is 16.8 Å². The summed E-state index contributed by atoms with van der Waals surface area (Å²) in [4.78, 5) is 24.0. The van der Waals surface area contributed by atoms with Gasteiger partial charge in [0.1, 0.15) is 16.8 Å². The van der Waals surface area contributed by atoms with E-state index in [1.54, 1.807) is 43.5 Å². The average Bonchev–Trinajstić information content (AvgIpc) is 3.07. The third-order valence-corrected chi connectivity index (χ3v) is 3.89. The summed E-state index contributed by atoms with van der Waals surface area (Å²) >= 11 is 1.08. The molecular formula is C16H14N4O3S. The van der Waals surface area contributed by atoms with Crippen molar-refractivity contribution in [2.45, 2.75) is 6.42 Å². The summed E-state index contributed by atoms with van der Waals surface area (Å²) in [7, 11) is 1.56. The first kappa shape index (κ1) is 15.9. The molecule has 2 aromatic carbocycles. The van der Waals surface area contributed by atoms with Crippen LogP contribution in [0.15, 0.2) is 42.5 Å². The molecule has 2 N–H and O–H groups in total. The second-order valence-corrected chi connectivity index (χ2v) is 5.53. The van der Waals surface area contributed by atoms with Crippen LogP contribution in [0.2, 0.25) is 0 Å². The topological polar surface area (TPSA) is 93.2 Å². The first-order chi connectivity index (χ1) is 11.7. The Morgan fingerprint density at radius 3 is 2.75 bits per heavy atom.